The molecule has 1 aliphatic rings. The molecule has 1 aromatic heterocycles. The fourth-order valence-corrected chi connectivity index (χ4v) is 3.72. The Morgan fingerprint density at radius 2 is 1.75 bits per heavy atom. The van der Waals surface area contributed by atoms with E-state index in [1.165, 1.54) is 24.8 Å². The van der Waals surface area contributed by atoms with E-state index >= 15 is 0 Å². The van der Waals surface area contributed by atoms with Crippen LogP contribution in [0.25, 0.3) is 0 Å². The summed E-state index contributed by atoms with van der Waals surface area (Å²) in [5.74, 6) is 3.38. The molecule has 0 atom stereocenters. The van der Waals surface area contributed by atoms with E-state index in [-0.39, 0.29) is 0 Å². The molecule has 3 aromatic rings. The quantitative estimate of drug-likeness (QED) is 0.678. The average molecular weight is 374 g/mol. The van der Waals surface area contributed by atoms with Crippen molar-refractivity contribution < 1.29 is 4.74 Å². The third kappa shape index (κ3) is 4.60. The molecule has 0 saturated carbocycles. The van der Waals surface area contributed by atoms with Crippen LogP contribution in [0.5, 0.6) is 5.75 Å². The molecule has 4 rings (SSSR count). The van der Waals surface area contributed by atoms with E-state index in [0.717, 1.165) is 42.1 Å². The highest BCUT2D eigenvalue weighted by atomic mass is 16.5. The molecule has 0 bridgehead atoms. The van der Waals surface area contributed by atoms with Gasteiger partial charge < -0.3 is 15.0 Å². The summed E-state index contributed by atoms with van der Waals surface area (Å²) in [7, 11) is 1.67. The smallest absolute Gasteiger partial charge is 0.135 e. The zero-order valence-electron chi connectivity index (χ0n) is 16.2. The Bertz CT molecular complexity index is 875. The van der Waals surface area contributed by atoms with Crippen LogP contribution < -0.4 is 15.0 Å². The number of ether oxygens (including phenoxy) is 1. The highest BCUT2D eigenvalue weighted by Gasteiger charge is 2.20. The van der Waals surface area contributed by atoms with Crippen LogP contribution in [0.4, 0.5) is 17.3 Å². The van der Waals surface area contributed by atoms with Crippen molar-refractivity contribution in [3.63, 3.8) is 0 Å². The normalized spacial score (nSPS) is 14.7. The van der Waals surface area contributed by atoms with Crippen LogP contribution in [-0.2, 0) is 6.42 Å². The molecule has 0 spiro atoms. The van der Waals surface area contributed by atoms with Crippen molar-refractivity contribution >= 4 is 17.3 Å². The topological polar surface area (TPSA) is 50.3 Å². The SMILES string of the molecule is COc1ccc(Nc2cc(N3CCC(Cc4ccccc4)CC3)ncn2)cc1. The van der Waals surface area contributed by atoms with Gasteiger partial charge in [0.15, 0.2) is 0 Å². The molecule has 0 aliphatic carbocycles. The average Bonchev–Trinajstić information content (AvgIpc) is 2.76. The summed E-state index contributed by atoms with van der Waals surface area (Å²) in [6.07, 6.45) is 5.19. The highest BCUT2D eigenvalue weighted by Crippen LogP contribution is 2.26. The number of piperidine rings is 1. The highest BCUT2D eigenvalue weighted by molar-refractivity contribution is 5.60. The lowest BCUT2D eigenvalue weighted by Crippen LogP contribution is -2.34. The zero-order valence-corrected chi connectivity index (χ0v) is 16.2. The summed E-state index contributed by atoms with van der Waals surface area (Å²) in [6.45, 7) is 2.08. The minimum Gasteiger partial charge on any atom is -0.497 e. The second-order valence-electron chi connectivity index (χ2n) is 7.24. The molecule has 2 aromatic carbocycles. The van der Waals surface area contributed by atoms with Crippen LogP contribution in [0.3, 0.4) is 0 Å². The number of aromatic nitrogens is 2. The molecular formula is C23H26N4O. The van der Waals surface area contributed by atoms with E-state index in [2.05, 4.69) is 50.5 Å². The molecular weight excluding hydrogens is 348 g/mol. The summed E-state index contributed by atoms with van der Waals surface area (Å²) < 4.78 is 5.20. The number of benzene rings is 2. The zero-order chi connectivity index (χ0) is 19.2. The first-order valence-electron chi connectivity index (χ1n) is 9.82. The van der Waals surface area contributed by atoms with Gasteiger partial charge in [-0.25, -0.2) is 9.97 Å². The number of anilines is 3. The van der Waals surface area contributed by atoms with Gasteiger partial charge in [-0.3, -0.25) is 0 Å². The number of hydrogen-bond acceptors (Lipinski definition) is 5. The predicted molar refractivity (Wildman–Crippen MR) is 113 cm³/mol. The van der Waals surface area contributed by atoms with Crippen molar-refractivity contribution in [2.24, 2.45) is 5.92 Å². The van der Waals surface area contributed by atoms with Gasteiger partial charge in [0.05, 0.1) is 7.11 Å². The van der Waals surface area contributed by atoms with Crippen molar-refractivity contribution in [2.75, 3.05) is 30.4 Å². The standard InChI is InChI=1S/C23H26N4O/c1-28-21-9-7-20(8-10-21)26-22-16-23(25-17-24-22)27-13-11-19(12-14-27)15-18-5-3-2-4-6-18/h2-10,16-17,19H,11-15H2,1H3,(H,24,25,26). The minimum absolute atomic E-state index is 0.748. The Morgan fingerprint density at radius 3 is 2.46 bits per heavy atom. The molecule has 1 saturated heterocycles. The lowest BCUT2D eigenvalue weighted by Gasteiger charge is -2.33. The summed E-state index contributed by atoms with van der Waals surface area (Å²) in [5.41, 5.74) is 2.42. The molecule has 1 fully saturated rings. The number of nitrogens with one attached hydrogen (secondary N) is 1. The Kier molecular flexibility index (Phi) is 5.71. The van der Waals surface area contributed by atoms with Crippen LogP contribution in [0.2, 0.25) is 0 Å². The van der Waals surface area contributed by atoms with Gasteiger partial charge >= 0.3 is 0 Å². The molecule has 144 valence electrons. The summed E-state index contributed by atoms with van der Waals surface area (Å²) in [5, 5.41) is 3.34. The van der Waals surface area contributed by atoms with Crippen molar-refractivity contribution in [2.45, 2.75) is 19.3 Å². The second kappa shape index (κ2) is 8.74. The minimum atomic E-state index is 0.748. The van der Waals surface area contributed by atoms with E-state index in [1.807, 2.05) is 30.3 Å². The van der Waals surface area contributed by atoms with E-state index in [0.29, 0.717) is 0 Å². The number of nitrogens with zero attached hydrogens (tertiary/aromatic N) is 3. The summed E-state index contributed by atoms with van der Waals surface area (Å²) in [4.78, 5) is 11.2. The third-order valence-corrected chi connectivity index (χ3v) is 5.32. The first-order chi connectivity index (χ1) is 13.8. The van der Waals surface area contributed by atoms with Crippen LogP contribution in [-0.4, -0.2) is 30.2 Å². The van der Waals surface area contributed by atoms with Gasteiger partial charge in [-0.15, -0.1) is 0 Å². The molecule has 5 heteroatoms. The van der Waals surface area contributed by atoms with Gasteiger partial charge in [0.25, 0.3) is 0 Å². The van der Waals surface area contributed by atoms with Crippen LogP contribution in [0.15, 0.2) is 67.0 Å². The Balaban J connectivity index is 1.35. The van der Waals surface area contributed by atoms with Gasteiger partial charge in [-0.2, -0.15) is 0 Å². The Labute approximate surface area is 166 Å². The fourth-order valence-electron chi connectivity index (χ4n) is 3.72. The molecule has 0 unspecified atom stereocenters. The largest absolute Gasteiger partial charge is 0.497 e. The van der Waals surface area contributed by atoms with E-state index in [4.69, 9.17) is 4.74 Å². The van der Waals surface area contributed by atoms with E-state index in [9.17, 15) is 0 Å². The second-order valence-corrected chi connectivity index (χ2v) is 7.24. The van der Waals surface area contributed by atoms with Crippen molar-refractivity contribution in [3.05, 3.63) is 72.6 Å². The van der Waals surface area contributed by atoms with Gasteiger partial charge in [0.2, 0.25) is 0 Å². The lowest BCUT2D eigenvalue weighted by molar-refractivity contribution is 0.402. The summed E-state index contributed by atoms with van der Waals surface area (Å²) in [6, 6.07) is 20.7. The molecule has 5 nitrogen and oxygen atoms in total. The van der Waals surface area contributed by atoms with Crippen molar-refractivity contribution in [1.82, 2.24) is 9.97 Å². The van der Waals surface area contributed by atoms with E-state index in [1.54, 1.807) is 13.4 Å². The third-order valence-electron chi connectivity index (χ3n) is 5.32. The molecule has 0 amide bonds. The molecule has 0 radical (unpaired) electrons. The number of methoxy groups -OCH3 is 1. The van der Waals surface area contributed by atoms with E-state index < -0.39 is 0 Å². The number of rotatable bonds is 6. The number of hydrogen-bond donors (Lipinski definition) is 1. The fraction of sp³-hybridized carbons (Fsp3) is 0.304. The summed E-state index contributed by atoms with van der Waals surface area (Å²) >= 11 is 0. The van der Waals surface area contributed by atoms with Crippen molar-refractivity contribution in [1.29, 1.82) is 0 Å². The Hall–Kier alpha value is -3.08. The Morgan fingerprint density at radius 1 is 1.00 bits per heavy atom. The molecule has 2 heterocycles. The lowest BCUT2D eigenvalue weighted by atomic mass is 9.90. The molecule has 28 heavy (non-hydrogen) atoms. The maximum Gasteiger partial charge on any atom is 0.135 e. The first kappa shape index (κ1) is 18.3. The monoisotopic (exact) mass is 374 g/mol. The van der Waals surface area contributed by atoms with Crippen LogP contribution in [0, 0.1) is 5.92 Å². The first-order valence-corrected chi connectivity index (χ1v) is 9.82. The van der Waals surface area contributed by atoms with Crippen LogP contribution in [0.1, 0.15) is 18.4 Å². The maximum absolute atomic E-state index is 5.20. The van der Waals surface area contributed by atoms with Crippen molar-refractivity contribution in [3.8, 4) is 5.75 Å². The van der Waals surface area contributed by atoms with Crippen LogP contribution >= 0.6 is 0 Å². The maximum atomic E-state index is 5.20. The van der Waals surface area contributed by atoms with Gasteiger partial charge in [-0.05, 0) is 55.0 Å². The predicted octanol–water partition coefficient (Wildman–Crippen LogP) is 4.69. The molecule has 1 N–H and O–H groups in total. The van der Waals surface area contributed by atoms with Gasteiger partial charge in [0, 0.05) is 24.8 Å². The van der Waals surface area contributed by atoms with Gasteiger partial charge in [-0.1, -0.05) is 30.3 Å². The molecule has 1 aliphatic heterocycles. The van der Waals surface area contributed by atoms with Gasteiger partial charge in [0.1, 0.15) is 23.7 Å².